The number of nitriles is 2. The number of fused-ring (bicyclic) bond motifs is 6. The first-order valence-corrected chi connectivity index (χ1v) is 15.6. The van der Waals surface area contributed by atoms with Crippen LogP contribution in [0.15, 0.2) is 152 Å². The first-order chi connectivity index (χ1) is 23.2. The molecule has 3 heteroatoms. The molecule has 9 aromatic rings. The molecule has 0 saturated heterocycles. The quantitative estimate of drug-likeness (QED) is 0.191. The van der Waals surface area contributed by atoms with Crippen LogP contribution in [-0.2, 0) is 0 Å². The van der Waals surface area contributed by atoms with Crippen molar-refractivity contribution >= 4 is 54.1 Å². The van der Waals surface area contributed by atoms with Crippen LogP contribution in [0.2, 0.25) is 0 Å². The normalized spacial score (nSPS) is 11.4. The maximum absolute atomic E-state index is 9.99. The lowest BCUT2D eigenvalue weighted by Gasteiger charge is -2.19. The zero-order chi connectivity index (χ0) is 31.5. The summed E-state index contributed by atoms with van der Waals surface area (Å²) < 4.78 is 2.28. The standard InChI is InChI=1S/C44H25N3/c45-26-28-18-20-41-38(23-28)39-25-31(19-21-42(39)47(41)32-11-2-1-3-12-32)43-34-14-6-8-16-36(34)44(37-17-9-7-15-35(37)43)40-24-29(27-46)22-30-10-4-5-13-33(30)40/h1-25H. The molecular weight excluding hydrogens is 571 g/mol. The van der Waals surface area contributed by atoms with Gasteiger partial charge in [0, 0.05) is 16.5 Å². The van der Waals surface area contributed by atoms with Crippen LogP contribution in [0.5, 0.6) is 0 Å². The molecule has 0 aliphatic carbocycles. The third-order valence-corrected chi connectivity index (χ3v) is 9.39. The summed E-state index contributed by atoms with van der Waals surface area (Å²) in [5, 5.41) is 28.7. The summed E-state index contributed by atoms with van der Waals surface area (Å²) in [5.74, 6) is 0. The number of aromatic nitrogens is 1. The third-order valence-electron chi connectivity index (χ3n) is 9.39. The Bertz CT molecular complexity index is 2750. The molecule has 3 nitrogen and oxygen atoms in total. The summed E-state index contributed by atoms with van der Waals surface area (Å²) >= 11 is 0. The van der Waals surface area contributed by atoms with Gasteiger partial charge in [-0.3, -0.25) is 0 Å². The summed E-state index contributed by atoms with van der Waals surface area (Å²) in [5.41, 5.74) is 9.00. The predicted molar refractivity (Wildman–Crippen MR) is 194 cm³/mol. The van der Waals surface area contributed by atoms with E-state index in [1.165, 1.54) is 5.56 Å². The van der Waals surface area contributed by atoms with Gasteiger partial charge in [-0.1, -0.05) is 97.1 Å². The fourth-order valence-electron chi connectivity index (χ4n) is 7.42. The van der Waals surface area contributed by atoms with E-state index in [9.17, 15) is 10.5 Å². The van der Waals surface area contributed by atoms with E-state index in [0.29, 0.717) is 11.1 Å². The molecule has 47 heavy (non-hydrogen) atoms. The van der Waals surface area contributed by atoms with E-state index in [1.54, 1.807) is 0 Å². The van der Waals surface area contributed by atoms with Crippen molar-refractivity contribution in [2.75, 3.05) is 0 Å². The molecule has 0 saturated carbocycles. The summed E-state index contributed by atoms with van der Waals surface area (Å²) in [6.07, 6.45) is 0. The smallest absolute Gasteiger partial charge is 0.0992 e. The van der Waals surface area contributed by atoms with Crippen LogP contribution in [-0.4, -0.2) is 4.57 Å². The molecule has 0 fully saturated rings. The Kier molecular flexibility index (Phi) is 5.94. The SMILES string of the molecule is N#Cc1cc(-c2c3ccccc3c(-c3ccc4c(c3)c3cc(C#N)ccc3n4-c3ccccc3)c3ccccc23)c2ccccc2c1. The number of benzene rings is 8. The highest BCUT2D eigenvalue weighted by Gasteiger charge is 2.20. The second kappa shape index (κ2) is 10.5. The van der Waals surface area contributed by atoms with Gasteiger partial charge in [-0.05, 0) is 109 Å². The van der Waals surface area contributed by atoms with E-state index >= 15 is 0 Å². The molecule has 1 aromatic heterocycles. The van der Waals surface area contributed by atoms with Crippen molar-refractivity contribution in [3.05, 3.63) is 163 Å². The van der Waals surface area contributed by atoms with Crippen LogP contribution < -0.4 is 0 Å². The van der Waals surface area contributed by atoms with Crippen molar-refractivity contribution in [1.82, 2.24) is 4.57 Å². The highest BCUT2D eigenvalue weighted by atomic mass is 15.0. The van der Waals surface area contributed by atoms with Gasteiger partial charge in [-0.25, -0.2) is 0 Å². The minimum Gasteiger partial charge on any atom is -0.309 e. The molecule has 0 atom stereocenters. The van der Waals surface area contributed by atoms with E-state index in [1.807, 2.05) is 36.4 Å². The summed E-state index contributed by atoms with van der Waals surface area (Å²) in [4.78, 5) is 0. The van der Waals surface area contributed by atoms with Crippen molar-refractivity contribution < 1.29 is 0 Å². The van der Waals surface area contributed by atoms with E-state index in [4.69, 9.17) is 0 Å². The van der Waals surface area contributed by atoms with Crippen LogP contribution in [0.25, 0.3) is 82.1 Å². The topological polar surface area (TPSA) is 52.5 Å². The molecule has 8 aromatic carbocycles. The van der Waals surface area contributed by atoms with Crippen molar-refractivity contribution in [2.45, 2.75) is 0 Å². The lowest BCUT2D eigenvalue weighted by molar-refractivity contribution is 1.18. The molecule has 0 bridgehead atoms. The molecule has 1 heterocycles. The molecule has 216 valence electrons. The highest BCUT2D eigenvalue weighted by Crippen LogP contribution is 2.46. The molecule has 0 radical (unpaired) electrons. The number of para-hydroxylation sites is 1. The zero-order valence-electron chi connectivity index (χ0n) is 25.3. The van der Waals surface area contributed by atoms with E-state index in [0.717, 1.165) is 76.5 Å². The average Bonchev–Trinajstić information content (AvgIpc) is 3.46. The van der Waals surface area contributed by atoms with Crippen molar-refractivity contribution in [2.24, 2.45) is 0 Å². The van der Waals surface area contributed by atoms with E-state index < -0.39 is 0 Å². The molecule has 0 unspecified atom stereocenters. The van der Waals surface area contributed by atoms with Crippen LogP contribution in [0.3, 0.4) is 0 Å². The van der Waals surface area contributed by atoms with Crippen LogP contribution >= 0.6 is 0 Å². The minimum atomic E-state index is 0.641. The van der Waals surface area contributed by atoms with Gasteiger partial charge in [-0.15, -0.1) is 0 Å². The minimum absolute atomic E-state index is 0.641. The van der Waals surface area contributed by atoms with Gasteiger partial charge in [0.25, 0.3) is 0 Å². The Labute approximate surface area is 271 Å². The third kappa shape index (κ3) is 4.05. The first kappa shape index (κ1) is 26.7. The van der Waals surface area contributed by atoms with Gasteiger partial charge in [0.1, 0.15) is 0 Å². The van der Waals surface area contributed by atoms with Crippen molar-refractivity contribution in [3.8, 4) is 40.1 Å². The van der Waals surface area contributed by atoms with Gasteiger partial charge < -0.3 is 4.57 Å². The van der Waals surface area contributed by atoms with E-state index in [-0.39, 0.29) is 0 Å². The number of rotatable bonds is 3. The maximum atomic E-state index is 9.99. The zero-order valence-corrected chi connectivity index (χ0v) is 25.3. The molecule has 9 rings (SSSR count). The van der Waals surface area contributed by atoms with E-state index in [2.05, 4.69) is 132 Å². The predicted octanol–water partition coefficient (Wildman–Crippen LogP) is 11.3. The molecule has 0 aliphatic heterocycles. The fourth-order valence-corrected chi connectivity index (χ4v) is 7.42. The molecule has 0 spiro atoms. The maximum Gasteiger partial charge on any atom is 0.0992 e. The molecule has 0 amide bonds. The monoisotopic (exact) mass is 595 g/mol. The lowest BCUT2D eigenvalue weighted by Crippen LogP contribution is -1.94. The van der Waals surface area contributed by atoms with Gasteiger partial charge in [-0.2, -0.15) is 10.5 Å². The van der Waals surface area contributed by atoms with Gasteiger partial charge >= 0.3 is 0 Å². The fraction of sp³-hybridized carbons (Fsp3) is 0. The van der Waals surface area contributed by atoms with Crippen LogP contribution in [0.4, 0.5) is 0 Å². The van der Waals surface area contributed by atoms with Gasteiger partial charge in [0.05, 0.1) is 34.3 Å². The van der Waals surface area contributed by atoms with Crippen molar-refractivity contribution in [3.63, 3.8) is 0 Å². The Morgan fingerprint density at radius 2 is 0.957 bits per heavy atom. The second-order valence-corrected chi connectivity index (χ2v) is 11.9. The molecule has 0 N–H and O–H groups in total. The van der Waals surface area contributed by atoms with Gasteiger partial charge in [0.15, 0.2) is 0 Å². The van der Waals surface area contributed by atoms with Gasteiger partial charge in [0.2, 0.25) is 0 Å². The van der Waals surface area contributed by atoms with Crippen LogP contribution in [0.1, 0.15) is 11.1 Å². The Morgan fingerprint density at radius 3 is 1.62 bits per heavy atom. The second-order valence-electron chi connectivity index (χ2n) is 11.9. The number of nitrogens with zero attached hydrogens (tertiary/aromatic N) is 3. The summed E-state index contributed by atoms with van der Waals surface area (Å²) in [7, 11) is 0. The Hall–Kier alpha value is -6.68. The van der Waals surface area contributed by atoms with Crippen LogP contribution in [0, 0.1) is 22.7 Å². The highest BCUT2D eigenvalue weighted by molar-refractivity contribution is 6.24. The lowest BCUT2D eigenvalue weighted by atomic mass is 9.84. The largest absolute Gasteiger partial charge is 0.309 e. The first-order valence-electron chi connectivity index (χ1n) is 15.6. The van der Waals surface area contributed by atoms with Crippen molar-refractivity contribution in [1.29, 1.82) is 10.5 Å². The molecular formula is C44H25N3. The Balaban J connectivity index is 1.40. The average molecular weight is 596 g/mol. The molecule has 0 aliphatic rings. The summed E-state index contributed by atoms with van der Waals surface area (Å²) in [6.45, 7) is 0. The summed E-state index contributed by atoms with van der Waals surface area (Å²) in [6, 6.07) is 57.4. The number of hydrogen-bond donors (Lipinski definition) is 0. The Morgan fingerprint density at radius 1 is 0.404 bits per heavy atom. The number of hydrogen-bond acceptors (Lipinski definition) is 2.